The van der Waals surface area contributed by atoms with Crippen LogP contribution in [0.15, 0.2) is 4.99 Å². The lowest BCUT2D eigenvalue weighted by atomic mass is 9.96. The minimum atomic E-state index is 0.638. The zero-order chi connectivity index (χ0) is 15.5. The number of hydrogen-bond acceptors (Lipinski definition) is 2. The molecular weight excluding hydrogens is 272 g/mol. The van der Waals surface area contributed by atoms with Crippen LogP contribution in [0.3, 0.4) is 0 Å². The Morgan fingerprint density at radius 1 is 0.955 bits per heavy atom. The van der Waals surface area contributed by atoms with E-state index in [-0.39, 0.29) is 0 Å². The number of hydrogen-bond donors (Lipinski definition) is 2. The monoisotopic (exact) mass is 308 g/mol. The molecule has 1 aliphatic carbocycles. The van der Waals surface area contributed by atoms with Gasteiger partial charge in [0.15, 0.2) is 5.96 Å². The molecule has 2 rings (SSSR count). The van der Waals surface area contributed by atoms with Crippen molar-refractivity contribution in [3.05, 3.63) is 0 Å². The normalized spacial score (nSPS) is 21.8. The van der Waals surface area contributed by atoms with Gasteiger partial charge in [-0.25, -0.2) is 0 Å². The summed E-state index contributed by atoms with van der Waals surface area (Å²) in [7, 11) is 1.88. The van der Waals surface area contributed by atoms with Crippen molar-refractivity contribution in [1.29, 1.82) is 0 Å². The average molecular weight is 309 g/mol. The zero-order valence-electron chi connectivity index (χ0n) is 14.6. The van der Waals surface area contributed by atoms with Gasteiger partial charge in [-0.05, 0) is 58.2 Å². The molecule has 1 heterocycles. The molecule has 1 saturated heterocycles. The summed E-state index contributed by atoms with van der Waals surface area (Å²) < 4.78 is 0. The molecule has 0 unspecified atom stereocenters. The summed E-state index contributed by atoms with van der Waals surface area (Å²) in [6.07, 6.45) is 14.9. The Hall–Kier alpha value is -0.770. The molecule has 0 radical (unpaired) electrons. The SMILES string of the molecule is CN=C(NCCCCCN1CCCCC1)NC1CCCCC1. The first-order valence-corrected chi connectivity index (χ1v) is 9.58. The highest BCUT2D eigenvalue weighted by Crippen LogP contribution is 2.17. The maximum absolute atomic E-state index is 4.36. The van der Waals surface area contributed by atoms with E-state index in [0.29, 0.717) is 6.04 Å². The van der Waals surface area contributed by atoms with Gasteiger partial charge < -0.3 is 15.5 Å². The fourth-order valence-electron chi connectivity index (χ4n) is 3.66. The lowest BCUT2D eigenvalue weighted by Gasteiger charge is -2.26. The lowest BCUT2D eigenvalue weighted by Crippen LogP contribution is -2.44. The van der Waals surface area contributed by atoms with Gasteiger partial charge in [-0.1, -0.05) is 32.1 Å². The Morgan fingerprint density at radius 2 is 1.68 bits per heavy atom. The summed E-state index contributed by atoms with van der Waals surface area (Å²) in [4.78, 5) is 7.00. The van der Waals surface area contributed by atoms with E-state index < -0.39 is 0 Å². The van der Waals surface area contributed by atoms with E-state index in [9.17, 15) is 0 Å². The zero-order valence-corrected chi connectivity index (χ0v) is 14.6. The van der Waals surface area contributed by atoms with Crippen molar-refractivity contribution < 1.29 is 0 Å². The summed E-state index contributed by atoms with van der Waals surface area (Å²) in [5, 5.41) is 7.06. The van der Waals surface area contributed by atoms with Gasteiger partial charge in [0.1, 0.15) is 0 Å². The third-order valence-electron chi connectivity index (χ3n) is 5.06. The fraction of sp³-hybridized carbons (Fsp3) is 0.944. The molecule has 0 aromatic carbocycles. The van der Waals surface area contributed by atoms with Crippen molar-refractivity contribution >= 4 is 5.96 Å². The molecule has 0 amide bonds. The average Bonchev–Trinajstić information content (AvgIpc) is 2.58. The molecule has 1 aliphatic heterocycles. The van der Waals surface area contributed by atoms with E-state index in [1.165, 1.54) is 90.3 Å². The molecule has 0 spiro atoms. The largest absolute Gasteiger partial charge is 0.356 e. The Labute approximate surface area is 137 Å². The Kier molecular flexibility index (Phi) is 8.69. The minimum Gasteiger partial charge on any atom is -0.356 e. The summed E-state index contributed by atoms with van der Waals surface area (Å²) in [5.41, 5.74) is 0. The Bertz CT molecular complexity index is 304. The van der Waals surface area contributed by atoms with E-state index in [0.717, 1.165) is 12.5 Å². The molecule has 128 valence electrons. The van der Waals surface area contributed by atoms with Crippen LogP contribution in [-0.2, 0) is 0 Å². The summed E-state index contributed by atoms with van der Waals surface area (Å²) >= 11 is 0. The number of nitrogens with zero attached hydrogens (tertiary/aromatic N) is 2. The predicted molar refractivity (Wildman–Crippen MR) is 95.5 cm³/mol. The van der Waals surface area contributed by atoms with Gasteiger partial charge in [-0.15, -0.1) is 0 Å². The molecule has 2 aliphatic rings. The van der Waals surface area contributed by atoms with Gasteiger partial charge in [0, 0.05) is 19.6 Å². The third-order valence-corrected chi connectivity index (χ3v) is 5.06. The molecule has 0 atom stereocenters. The fourth-order valence-corrected chi connectivity index (χ4v) is 3.66. The highest BCUT2D eigenvalue weighted by atomic mass is 15.2. The van der Waals surface area contributed by atoms with Crippen molar-refractivity contribution in [2.24, 2.45) is 4.99 Å². The molecule has 22 heavy (non-hydrogen) atoms. The summed E-state index contributed by atoms with van der Waals surface area (Å²) in [5.74, 6) is 1.00. The molecular formula is C18H36N4. The van der Waals surface area contributed by atoms with Crippen molar-refractivity contribution in [2.45, 2.75) is 76.7 Å². The summed E-state index contributed by atoms with van der Waals surface area (Å²) in [6.45, 7) is 5.01. The molecule has 0 aromatic rings. The van der Waals surface area contributed by atoms with Gasteiger partial charge in [-0.2, -0.15) is 0 Å². The van der Waals surface area contributed by atoms with Crippen molar-refractivity contribution in [3.8, 4) is 0 Å². The smallest absolute Gasteiger partial charge is 0.191 e. The second kappa shape index (κ2) is 10.9. The van der Waals surface area contributed by atoms with E-state index in [1.54, 1.807) is 0 Å². The maximum atomic E-state index is 4.36. The molecule has 4 heteroatoms. The molecule has 0 aromatic heterocycles. The number of nitrogens with one attached hydrogen (secondary N) is 2. The first-order valence-electron chi connectivity index (χ1n) is 9.58. The van der Waals surface area contributed by atoms with Crippen LogP contribution in [0.2, 0.25) is 0 Å². The van der Waals surface area contributed by atoms with Crippen LogP contribution in [0.1, 0.15) is 70.6 Å². The van der Waals surface area contributed by atoms with Crippen LogP contribution in [0, 0.1) is 0 Å². The van der Waals surface area contributed by atoms with Crippen LogP contribution in [0.5, 0.6) is 0 Å². The first kappa shape index (κ1) is 17.6. The highest BCUT2D eigenvalue weighted by molar-refractivity contribution is 5.79. The number of piperidine rings is 1. The standard InChI is InChI=1S/C18H36N4/c1-19-18(21-17-11-5-2-6-12-17)20-13-7-3-8-14-22-15-9-4-10-16-22/h17H,2-16H2,1H3,(H2,19,20,21). The van der Waals surface area contributed by atoms with Gasteiger partial charge in [0.05, 0.1) is 0 Å². The van der Waals surface area contributed by atoms with Gasteiger partial charge >= 0.3 is 0 Å². The summed E-state index contributed by atoms with van der Waals surface area (Å²) in [6, 6.07) is 0.638. The van der Waals surface area contributed by atoms with Gasteiger partial charge in [-0.3, -0.25) is 4.99 Å². The van der Waals surface area contributed by atoms with Crippen molar-refractivity contribution in [2.75, 3.05) is 33.2 Å². The lowest BCUT2D eigenvalue weighted by molar-refractivity contribution is 0.224. The Balaban J connectivity index is 1.47. The van der Waals surface area contributed by atoms with Crippen LogP contribution in [-0.4, -0.2) is 50.1 Å². The van der Waals surface area contributed by atoms with Crippen LogP contribution < -0.4 is 10.6 Å². The van der Waals surface area contributed by atoms with E-state index in [1.807, 2.05) is 7.05 Å². The van der Waals surface area contributed by atoms with E-state index in [4.69, 9.17) is 0 Å². The second-order valence-electron chi connectivity index (χ2n) is 6.94. The molecule has 4 nitrogen and oxygen atoms in total. The minimum absolute atomic E-state index is 0.638. The quantitative estimate of drug-likeness (QED) is 0.431. The molecule has 1 saturated carbocycles. The van der Waals surface area contributed by atoms with Gasteiger partial charge in [0.2, 0.25) is 0 Å². The van der Waals surface area contributed by atoms with Crippen LogP contribution in [0.25, 0.3) is 0 Å². The molecule has 2 N–H and O–H groups in total. The molecule has 2 fully saturated rings. The number of aliphatic imine (C=N–C) groups is 1. The van der Waals surface area contributed by atoms with Crippen LogP contribution >= 0.6 is 0 Å². The highest BCUT2D eigenvalue weighted by Gasteiger charge is 2.14. The van der Waals surface area contributed by atoms with E-state index >= 15 is 0 Å². The van der Waals surface area contributed by atoms with E-state index in [2.05, 4.69) is 20.5 Å². The van der Waals surface area contributed by atoms with Crippen LogP contribution in [0.4, 0.5) is 0 Å². The van der Waals surface area contributed by atoms with Crippen molar-refractivity contribution in [3.63, 3.8) is 0 Å². The number of guanidine groups is 1. The Morgan fingerprint density at radius 3 is 2.41 bits per heavy atom. The van der Waals surface area contributed by atoms with Crippen molar-refractivity contribution in [1.82, 2.24) is 15.5 Å². The maximum Gasteiger partial charge on any atom is 0.191 e. The predicted octanol–water partition coefficient (Wildman–Crippen LogP) is 3.14. The topological polar surface area (TPSA) is 39.7 Å². The number of rotatable bonds is 7. The molecule has 0 bridgehead atoms. The second-order valence-corrected chi connectivity index (χ2v) is 6.94. The first-order chi connectivity index (χ1) is 10.9. The van der Waals surface area contributed by atoms with Gasteiger partial charge in [0.25, 0.3) is 0 Å². The number of unbranched alkanes of at least 4 members (excludes halogenated alkanes) is 2. The third kappa shape index (κ3) is 6.99. The number of likely N-dealkylation sites (tertiary alicyclic amines) is 1.